The lowest BCUT2D eigenvalue weighted by molar-refractivity contribution is -0.123. The molecule has 0 aliphatic carbocycles. The molecule has 0 aliphatic rings. The van der Waals surface area contributed by atoms with Crippen molar-refractivity contribution in [1.82, 2.24) is 16.0 Å². The Hall–Kier alpha value is -2.90. The van der Waals surface area contributed by atoms with Gasteiger partial charge in [0, 0.05) is 20.0 Å². The van der Waals surface area contributed by atoms with Crippen LogP contribution < -0.4 is 16.0 Å². The predicted molar refractivity (Wildman–Crippen MR) is 95.2 cm³/mol. The Morgan fingerprint density at radius 3 is 2.27 bits per heavy atom. The van der Waals surface area contributed by atoms with Gasteiger partial charge in [-0.1, -0.05) is 26.0 Å². The van der Waals surface area contributed by atoms with Gasteiger partial charge >= 0.3 is 12.0 Å². The molecule has 1 rings (SSSR count). The molecule has 0 saturated heterocycles. The minimum absolute atomic E-state index is 0.146. The summed E-state index contributed by atoms with van der Waals surface area (Å²) in [6, 6.07) is 5.81. The van der Waals surface area contributed by atoms with Gasteiger partial charge in [-0.2, -0.15) is 0 Å². The highest BCUT2D eigenvalue weighted by molar-refractivity contribution is 5.97. The number of amides is 4. The zero-order valence-electron chi connectivity index (χ0n) is 15.3. The number of nitrogens with one attached hydrogen (secondary N) is 3. The Bertz CT molecular complexity index is 641. The smallest absolute Gasteiger partial charge is 0.338 e. The Morgan fingerprint density at radius 1 is 1.04 bits per heavy atom. The third-order valence-electron chi connectivity index (χ3n) is 3.33. The standard InChI is InChI=1S/C18H25N3O5/c1-12(2)8-9-19-18(25)21-16(23)11-26-17(24)15-6-4-14(5-7-15)10-20-13(3)22/h4-7,12H,8-11H2,1-3H3,(H,20,22)(H2,19,21,23,25). The van der Waals surface area contributed by atoms with E-state index in [1.807, 2.05) is 13.8 Å². The number of hydrogen-bond acceptors (Lipinski definition) is 5. The molecule has 1 aromatic carbocycles. The van der Waals surface area contributed by atoms with E-state index in [4.69, 9.17) is 4.74 Å². The summed E-state index contributed by atoms with van der Waals surface area (Å²) in [5.41, 5.74) is 1.10. The van der Waals surface area contributed by atoms with E-state index >= 15 is 0 Å². The molecule has 0 unspecified atom stereocenters. The van der Waals surface area contributed by atoms with E-state index < -0.39 is 24.5 Å². The number of imide groups is 1. The van der Waals surface area contributed by atoms with Crippen molar-refractivity contribution in [2.75, 3.05) is 13.2 Å². The molecule has 0 saturated carbocycles. The van der Waals surface area contributed by atoms with Gasteiger partial charge in [-0.3, -0.25) is 14.9 Å². The van der Waals surface area contributed by atoms with Crippen molar-refractivity contribution in [2.24, 2.45) is 5.92 Å². The highest BCUT2D eigenvalue weighted by atomic mass is 16.5. The minimum Gasteiger partial charge on any atom is -0.452 e. The largest absolute Gasteiger partial charge is 0.452 e. The fourth-order valence-corrected chi connectivity index (χ4v) is 1.88. The van der Waals surface area contributed by atoms with Crippen molar-refractivity contribution in [3.63, 3.8) is 0 Å². The molecular weight excluding hydrogens is 338 g/mol. The SMILES string of the molecule is CC(=O)NCc1ccc(C(=O)OCC(=O)NC(=O)NCCC(C)C)cc1. The first kappa shape index (κ1) is 21.1. The van der Waals surface area contributed by atoms with Crippen molar-refractivity contribution in [1.29, 1.82) is 0 Å². The van der Waals surface area contributed by atoms with Crippen LogP contribution in [0.2, 0.25) is 0 Å². The maximum absolute atomic E-state index is 11.9. The van der Waals surface area contributed by atoms with Crippen molar-refractivity contribution in [2.45, 2.75) is 33.7 Å². The van der Waals surface area contributed by atoms with E-state index in [0.29, 0.717) is 19.0 Å². The maximum Gasteiger partial charge on any atom is 0.338 e. The van der Waals surface area contributed by atoms with E-state index in [-0.39, 0.29) is 11.5 Å². The second-order valence-electron chi connectivity index (χ2n) is 6.17. The second kappa shape index (κ2) is 10.9. The fourth-order valence-electron chi connectivity index (χ4n) is 1.88. The maximum atomic E-state index is 11.9. The lowest BCUT2D eigenvalue weighted by Crippen LogP contribution is -2.41. The summed E-state index contributed by atoms with van der Waals surface area (Å²) in [5, 5.41) is 7.28. The van der Waals surface area contributed by atoms with Crippen molar-refractivity contribution in [3.8, 4) is 0 Å². The van der Waals surface area contributed by atoms with Crippen LogP contribution in [0.3, 0.4) is 0 Å². The van der Waals surface area contributed by atoms with Gasteiger partial charge in [-0.25, -0.2) is 9.59 Å². The van der Waals surface area contributed by atoms with Gasteiger partial charge in [0.2, 0.25) is 5.91 Å². The zero-order valence-corrected chi connectivity index (χ0v) is 15.3. The molecule has 26 heavy (non-hydrogen) atoms. The van der Waals surface area contributed by atoms with E-state index in [9.17, 15) is 19.2 Å². The molecule has 8 heteroatoms. The summed E-state index contributed by atoms with van der Waals surface area (Å²) in [5.74, 6) is -1.08. The Kier molecular flexibility index (Phi) is 8.83. The molecule has 0 radical (unpaired) electrons. The molecule has 3 N–H and O–H groups in total. The number of esters is 1. The average molecular weight is 363 g/mol. The molecule has 8 nitrogen and oxygen atoms in total. The first-order valence-electron chi connectivity index (χ1n) is 8.36. The second-order valence-corrected chi connectivity index (χ2v) is 6.17. The molecule has 1 aromatic rings. The van der Waals surface area contributed by atoms with Gasteiger partial charge in [-0.05, 0) is 30.0 Å². The fraction of sp³-hybridized carbons (Fsp3) is 0.444. The summed E-state index contributed by atoms with van der Waals surface area (Å²) >= 11 is 0. The van der Waals surface area contributed by atoms with Gasteiger partial charge in [0.1, 0.15) is 0 Å². The highest BCUT2D eigenvalue weighted by Gasteiger charge is 2.12. The Balaban J connectivity index is 2.35. The molecule has 0 fully saturated rings. The van der Waals surface area contributed by atoms with Crippen molar-refractivity contribution >= 4 is 23.8 Å². The zero-order chi connectivity index (χ0) is 19.5. The third kappa shape index (κ3) is 8.81. The van der Waals surface area contributed by atoms with Crippen molar-refractivity contribution in [3.05, 3.63) is 35.4 Å². The summed E-state index contributed by atoms with van der Waals surface area (Å²) in [7, 11) is 0. The lowest BCUT2D eigenvalue weighted by Gasteiger charge is -2.09. The quantitative estimate of drug-likeness (QED) is 0.603. The predicted octanol–water partition coefficient (Wildman–Crippen LogP) is 1.35. The highest BCUT2D eigenvalue weighted by Crippen LogP contribution is 2.06. The number of carbonyl (C=O) groups excluding carboxylic acids is 4. The summed E-state index contributed by atoms with van der Waals surface area (Å²) in [6.07, 6.45) is 0.800. The Morgan fingerprint density at radius 2 is 1.69 bits per heavy atom. The first-order chi connectivity index (χ1) is 12.3. The molecule has 0 bridgehead atoms. The van der Waals surface area contributed by atoms with Crippen LogP contribution in [0.15, 0.2) is 24.3 Å². The van der Waals surface area contributed by atoms with Gasteiger partial charge in [-0.15, -0.1) is 0 Å². The van der Waals surface area contributed by atoms with Gasteiger partial charge < -0.3 is 15.4 Å². The molecule has 4 amide bonds. The van der Waals surface area contributed by atoms with Gasteiger partial charge in [0.05, 0.1) is 5.56 Å². The number of rotatable bonds is 8. The molecule has 0 atom stereocenters. The monoisotopic (exact) mass is 363 g/mol. The number of urea groups is 1. The van der Waals surface area contributed by atoms with Crippen LogP contribution in [0.5, 0.6) is 0 Å². The average Bonchev–Trinajstić information content (AvgIpc) is 2.58. The summed E-state index contributed by atoms with van der Waals surface area (Å²) in [4.78, 5) is 45.8. The molecule has 0 spiro atoms. The van der Waals surface area contributed by atoms with Crippen LogP contribution >= 0.6 is 0 Å². The van der Waals surface area contributed by atoms with Crippen molar-refractivity contribution < 1.29 is 23.9 Å². The summed E-state index contributed by atoms with van der Waals surface area (Å²) < 4.78 is 4.87. The van der Waals surface area contributed by atoms with E-state index in [1.165, 1.54) is 19.1 Å². The number of benzene rings is 1. The van der Waals surface area contributed by atoms with Gasteiger partial charge in [0.25, 0.3) is 5.91 Å². The number of hydrogen-bond donors (Lipinski definition) is 3. The number of carbonyl (C=O) groups is 4. The van der Waals surface area contributed by atoms with E-state index in [2.05, 4.69) is 16.0 Å². The summed E-state index contributed by atoms with van der Waals surface area (Å²) in [6.45, 7) is 5.74. The molecule has 0 heterocycles. The van der Waals surface area contributed by atoms with Crippen LogP contribution in [0.25, 0.3) is 0 Å². The lowest BCUT2D eigenvalue weighted by atomic mass is 10.1. The van der Waals surface area contributed by atoms with Crippen LogP contribution in [0.1, 0.15) is 43.1 Å². The Labute approximate surface area is 152 Å². The number of ether oxygens (including phenoxy) is 1. The van der Waals surface area contributed by atoms with Crippen LogP contribution in [0.4, 0.5) is 4.79 Å². The molecule has 142 valence electrons. The minimum atomic E-state index is -0.706. The molecule has 0 aromatic heterocycles. The topological polar surface area (TPSA) is 114 Å². The van der Waals surface area contributed by atoms with Crippen LogP contribution in [-0.2, 0) is 20.9 Å². The van der Waals surface area contributed by atoms with E-state index in [1.54, 1.807) is 12.1 Å². The molecular formula is C18H25N3O5. The third-order valence-corrected chi connectivity index (χ3v) is 3.33. The van der Waals surface area contributed by atoms with Crippen LogP contribution in [0, 0.1) is 5.92 Å². The first-order valence-corrected chi connectivity index (χ1v) is 8.36. The normalized spacial score (nSPS) is 10.2. The van der Waals surface area contributed by atoms with Crippen LogP contribution in [-0.4, -0.2) is 37.0 Å². The molecule has 0 aliphatic heterocycles. The van der Waals surface area contributed by atoms with Gasteiger partial charge in [0.15, 0.2) is 6.61 Å². The van der Waals surface area contributed by atoms with E-state index in [0.717, 1.165) is 12.0 Å².